The highest BCUT2D eigenvalue weighted by Gasteiger charge is 2.09. The van der Waals surface area contributed by atoms with Crippen LogP contribution < -0.4 is 5.43 Å². The molecule has 0 saturated carbocycles. The number of rotatable bonds is 5. The minimum Gasteiger partial charge on any atom is -0.360 e. The predicted octanol–water partition coefficient (Wildman–Crippen LogP) is 5.52. The fourth-order valence-electron chi connectivity index (χ4n) is 3.48. The second-order valence-corrected chi connectivity index (χ2v) is 8.04. The molecule has 0 radical (unpaired) electrons. The van der Waals surface area contributed by atoms with E-state index < -0.39 is 0 Å². The molecular formula is C23H19N5S. The van der Waals surface area contributed by atoms with Gasteiger partial charge in [0.15, 0.2) is 5.82 Å². The highest BCUT2D eigenvalue weighted by molar-refractivity contribution is 7.18. The number of anilines is 1. The first-order valence-electron chi connectivity index (χ1n) is 9.41. The van der Waals surface area contributed by atoms with E-state index in [9.17, 15) is 0 Å². The van der Waals surface area contributed by atoms with Gasteiger partial charge in [0.25, 0.3) is 0 Å². The summed E-state index contributed by atoms with van der Waals surface area (Å²) in [5, 5.41) is 6.58. The molecule has 0 fully saturated rings. The van der Waals surface area contributed by atoms with Gasteiger partial charge in [0.2, 0.25) is 0 Å². The van der Waals surface area contributed by atoms with E-state index in [1.165, 1.54) is 16.0 Å². The lowest BCUT2D eigenvalue weighted by molar-refractivity contribution is 1.19. The van der Waals surface area contributed by atoms with Crippen molar-refractivity contribution < 1.29 is 0 Å². The maximum absolute atomic E-state index is 4.43. The molecule has 3 heterocycles. The summed E-state index contributed by atoms with van der Waals surface area (Å²) in [6.45, 7) is 2.10. The molecule has 0 amide bonds. The molecule has 0 spiro atoms. The Morgan fingerprint density at radius 1 is 1.07 bits per heavy atom. The van der Waals surface area contributed by atoms with E-state index in [-0.39, 0.29) is 0 Å². The molecule has 29 heavy (non-hydrogen) atoms. The molecule has 0 bridgehead atoms. The number of para-hydroxylation sites is 1. The van der Waals surface area contributed by atoms with Gasteiger partial charge in [0, 0.05) is 34.0 Å². The maximum atomic E-state index is 4.43. The minimum atomic E-state index is 0.720. The average Bonchev–Trinajstić information content (AvgIpc) is 3.34. The molecule has 0 aliphatic heterocycles. The van der Waals surface area contributed by atoms with Crippen LogP contribution in [-0.2, 0) is 6.42 Å². The number of fused-ring (bicyclic) bond motifs is 2. The molecule has 0 unspecified atom stereocenters. The van der Waals surface area contributed by atoms with Crippen molar-refractivity contribution in [3.8, 4) is 0 Å². The fraction of sp³-hybridized carbons (Fsp3) is 0.0870. The summed E-state index contributed by atoms with van der Waals surface area (Å²) in [6.07, 6.45) is 6.27. The zero-order valence-electron chi connectivity index (χ0n) is 15.9. The Bertz CT molecular complexity index is 1320. The number of aryl methyl sites for hydroxylation is 1. The van der Waals surface area contributed by atoms with Gasteiger partial charge >= 0.3 is 0 Å². The number of nitrogens with zero attached hydrogens (tertiary/aromatic N) is 3. The highest BCUT2D eigenvalue weighted by Crippen LogP contribution is 2.29. The molecule has 3 aromatic heterocycles. The first kappa shape index (κ1) is 17.6. The third-order valence-electron chi connectivity index (χ3n) is 4.93. The summed E-state index contributed by atoms with van der Waals surface area (Å²) in [7, 11) is 0. The molecule has 5 aromatic rings. The van der Waals surface area contributed by atoms with E-state index in [0.29, 0.717) is 0 Å². The van der Waals surface area contributed by atoms with Gasteiger partial charge in [-0.2, -0.15) is 5.10 Å². The topological polar surface area (TPSA) is 66.0 Å². The van der Waals surface area contributed by atoms with Gasteiger partial charge in [-0.1, -0.05) is 48.5 Å². The largest absolute Gasteiger partial charge is 0.360 e. The van der Waals surface area contributed by atoms with Crippen LogP contribution in [0.4, 0.5) is 5.82 Å². The molecule has 142 valence electrons. The average molecular weight is 398 g/mol. The molecule has 0 saturated heterocycles. The van der Waals surface area contributed by atoms with Gasteiger partial charge in [-0.05, 0) is 24.1 Å². The Morgan fingerprint density at radius 3 is 2.86 bits per heavy atom. The van der Waals surface area contributed by atoms with Crippen LogP contribution in [0.2, 0.25) is 0 Å². The lowest BCUT2D eigenvalue weighted by Gasteiger charge is -2.00. The van der Waals surface area contributed by atoms with Crippen molar-refractivity contribution in [3.63, 3.8) is 0 Å². The van der Waals surface area contributed by atoms with Crippen LogP contribution in [0.15, 0.2) is 72.2 Å². The van der Waals surface area contributed by atoms with Gasteiger partial charge in [0.1, 0.15) is 11.2 Å². The zero-order valence-corrected chi connectivity index (χ0v) is 16.7. The van der Waals surface area contributed by atoms with E-state index in [4.69, 9.17) is 0 Å². The number of hydrazone groups is 1. The zero-order chi connectivity index (χ0) is 19.6. The fourth-order valence-corrected chi connectivity index (χ4v) is 4.51. The third-order valence-corrected chi connectivity index (χ3v) is 5.97. The summed E-state index contributed by atoms with van der Waals surface area (Å²) < 4.78 is 0. The van der Waals surface area contributed by atoms with E-state index >= 15 is 0 Å². The standard InChI is InChI=1S/C23H19N5S/c1-15-6-5-9-19-17(12-24-21(15)19)13-27-28-22-20-11-18(29-23(20)26-14-25-22)10-16-7-3-2-4-8-16/h2-9,11-14,24H,10H2,1H3,(H,25,26,28). The summed E-state index contributed by atoms with van der Waals surface area (Å²) in [6, 6.07) is 18.9. The van der Waals surface area contributed by atoms with Crippen molar-refractivity contribution in [1.82, 2.24) is 15.0 Å². The minimum absolute atomic E-state index is 0.720. The van der Waals surface area contributed by atoms with Crippen LogP contribution >= 0.6 is 11.3 Å². The number of aromatic nitrogens is 3. The van der Waals surface area contributed by atoms with Gasteiger partial charge in [0.05, 0.1) is 11.6 Å². The highest BCUT2D eigenvalue weighted by atomic mass is 32.1. The second-order valence-electron chi connectivity index (χ2n) is 6.93. The number of hydrogen-bond acceptors (Lipinski definition) is 5. The quantitative estimate of drug-likeness (QED) is 0.303. The normalized spacial score (nSPS) is 11.6. The predicted molar refractivity (Wildman–Crippen MR) is 121 cm³/mol. The Balaban J connectivity index is 1.40. The van der Waals surface area contributed by atoms with Crippen molar-refractivity contribution in [2.24, 2.45) is 5.10 Å². The molecule has 6 heteroatoms. The molecule has 2 aromatic carbocycles. The SMILES string of the molecule is Cc1cccc2c(C=NNc3ncnc4sc(Cc5ccccc5)cc34)c[nH]c12. The van der Waals surface area contributed by atoms with Gasteiger partial charge in [-0.3, -0.25) is 5.43 Å². The molecule has 5 rings (SSSR count). The number of aromatic amines is 1. The Kier molecular flexibility index (Phi) is 4.54. The van der Waals surface area contributed by atoms with E-state index in [2.05, 4.69) is 80.9 Å². The van der Waals surface area contributed by atoms with E-state index in [0.717, 1.165) is 38.9 Å². The van der Waals surface area contributed by atoms with E-state index in [1.807, 2.05) is 18.5 Å². The Labute approximate surface area is 172 Å². The van der Waals surface area contributed by atoms with Crippen molar-refractivity contribution in [3.05, 3.63) is 88.7 Å². The number of thiophene rings is 1. The summed E-state index contributed by atoms with van der Waals surface area (Å²) in [4.78, 5) is 14.3. The van der Waals surface area contributed by atoms with Crippen molar-refractivity contribution in [2.75, 3.05) is 5.43 Å². The summed E-state index contributed by atoms with van der Waals surface area (Å²) >= 11 is 1.69. The van der Waals surface area contributed by atoms with Crippen LogP contribution in [0, 0.1) is 6.92 Å². The lowest BCUT2D eigenvalue weighted by Crippen LogP contribution is -1.94. The molecule has 0 aliphatic carbocycles. The summed E-state index contributed by atoms with van der Waals surface area (Å²) in [5.41, 5.74) is 7.78. The number of benzene rings is 2. The van der Waals surface area contributed by atoms with Gasteiger partial charge in [-0.25, -0.2) is 9.97 Å². The monoisotopic (exact) mass is 397 g/mol. The number of H-pyrrole nitrogens is 1. The molecular weight excluding hydrogens is 378 g/mol. The Hall–Kier alpha value is -3.51. The molecule has 0 aliphatic rings. The van der Waals surface area contributed by atoms with E-state index in [1.54, 1.807) is 17.7 Å². The summed E-state index contributed by atoms with van der Waals surface area (Å²) in [5.74, 6) is 0.720. The van der Waals surface area contributed by atoms with Gasteiger partial charge in [-0.15, -0.1) is 11.3 Å². The van der Waals surface area contributed by atoms with Crippen LogP contribution in [0.25, 0.3) is 21.1 Å². The van der Waals surface area contributed by atoms with Crippen molar-refractivity contribution in [2.45, 2.75) is 13.3 Å². The number of hydrogen-bond donors (Lipinski definition) is 2. The number of nitrogens with one attached hydrogen (secondary N) is 2. The van der Waals surface area contributed by atoms with Gasteiger partial charge < -0.3 is 4.98 Å². The molecule has 0 atom stereocenters. The van der Waals surface area contributed by atoms with Crippen molar-refractivity contribution in [1.29, 1.82) is 0 Å². The second kappa shape index (κ2) is 7.48. The Morgan fingerprint density at radius 2 is 1.97 bits per heavy atom. The van der Waals surface area contributed by atoms with Crippen molar-refractivity contribution >= 4 is 44.5 Å². The first-order chi connectivity index (χ1) is 14.3. The smallest absolute Gasteiger partial charge is 0.158 e. The molecule has 5 nitrogen and oxygen atoms in total. The van der Waals surface area contributed by atoms with Crippen LogP contribution in [0.5, 0.6) is 0 Å². The van der Waals surface area contributed by atoms with Crippen LogP contribution in [0.1, 0.15) is 21.6 Å². The van der Waals surface area contributed by atoms with Crippen LogP contribution in [0.3, 0.4) is 0 Å². The van der Waals surface area contributed by atoms with Crippen LogP contribution in [-0.4, -0.2) is 21.2 Å². The molecule has 2 N–H and O–H groups in total. The lowest BCUT2D eigenvalue weighted by atomic mass is 10.1. The third kappa shape index (κ3) is 3.50. The maximum Gasteiger partial charge on any atom is 0.158 e. The first-order valence-corrected chi connectivity index (χ1v) is 10.2.